The second-order valence-electron chi connectivity index (χ2n) is 4.60. The Morgan fingerprint density at radius 1 is 1.05 bits per heavy atom. The smallest absolute Gasteiger partial charge is 0.122 e. The molecular weight excluding hydrogens is 274 g/mol. The largest absolute Gasteiger partial charge is 0.497 e. The average molecular weight is 292 g/mol. The van der Waals surface area contributed by atoms with E-state index >= 15 is 0 Å². The number of benzene rings is 2. The normalized spacial score (nSPS) is 12.1. The van der Waals surface area contributed by atoms with Crippen molar-refractivity contribution >= 4 is 11.6 Å². The molecule has 3 nitrogen and oxygen atoms in total. The molecule has 0 aromatic heterocycles. The van der Waals surface area contributed by atoms with Gasteiger partial charge in [-0.25, -0.2) is 0 Å². The molecule has 2 aromatic rings. The number of aryl methyl sites for hydroxylation is 1. The van der Waals surface area contributed by atoms with Crippen molar-refractivity contribution in [3.05, 3.63) is 58.1 Å². The van der Waals surface area contributed by atoms with Gasteiger partial charge in [-0.1, -0.05) is 29.8 Å². The number of ether oxygens (including phenoxy) is 2. The van der Waals surface area contributed by atoms with Gasteiger partial charge in [0, 0.05) is 11.1 Å². The molecule has 0 heterocycles. The summed E-state index contributed by atoms with van der Waals surface area (Å²) in [7, 11) is 3.23. The van der Waals surface area contributed by atoms with Crippen molar-refractivity contribution in [2.75, 3.05) is 14.2 Å². The Hall–Kier alpha value is -1.71. The van der Waals surface area contributed by atoms with E-state index in [1.165, 1.54) is 0 Å². The number of rotatable bonds is 4. The highest BCUT2D eigenvalue weighted by atomic mass is 35.5. The van der Waals surface area contributed by atoms with Gasteiger partial charge < -0.3 is 15.2 Å². The molecule has 2 N–H and O–H groups in total. The van der Waals surface area contributed by atoms with Crippen LogP contribution in [-0.4, -0.2) is 14.2 Å². The number of halogens is 1. The average Bonchev–Trinajstić information content (AvgIpc) is 2.48. The molecule has 0 saturated heterocycles. The van der Waals surface area contributed by atoms with E-state index in [2.05, 4.69) is 0 Å². The highest BCUT2D eigenvalue weighted by Crippen LogP contribution is 2.32. The van der Waals surface area contributed by atoms with Crippen LogP contribution in [0, 0.1) is 6.92 Å². The molecule has 0 amide bonds. The summed E-state index contributed by atoms with van der Waals surface area (Å²) >= 11 is 6.34. The van der Waals surface area contributed by atoms with E-state index in [0.717, 1.165) is 16.7 Å². The van der Waals surface area contributed by atoms with Crippen LogP contribution in [0.5, 0.6) is 11.5 Å². The van der Waals surface area contributed by atoms with E-state index in [0.29, 0.717) is 16.5 Å². The highest BCUT2D eigenvalue weighted by molar-refractivity contribution is 6.32. The fourth-order valence-electron chi connectivity index (χ4n) is 2.10. The van der Waals surface area contributed by atoms with Gasteiger partial charge in [-0.2, -0.15) is 0 Å². The first kappa shape index (κ1) is 14.7. The quantitative estimate of drug-likeness (QED) is 0.934. The lowest BCUT2D eigenvalue weighted by Crippen LogP contribution is -2.13. The van der Waals surface area contributed by atoms with Crippen molar-refractivity contribution in [2.45, 2.75) is 13.0 Å². The van der Waals surface area contributed by atoms with Crippen LogP contribution in [-0.2, 0) is 0 Å². The van der Waals surface area contributed by atoms with E-state index < -0.39 is 0 Å². The van der Waals surface area contributed by atoms with Crippen molar-refractivity contribution in [2.24, 2.45) is 5.73 Å². The second kappa shape index (κ2) is 6.16. The van der Waals surface area contributed by atoms with Gasteiger partial charge in [0.2, 0.25) is 0 Å². The topological polar surface area (TPSA) is 44.5 Å². The first-order valence-corrected chi connectivity index (χ1v) is 6.68. The van der Waals surface area contributed by atoms with E-state index in [-0.39, 0.29) is 6.04 Å². The summed E-state index contributed by atoms with van der Waals surface area (Å²) in [5, 5.41) is 0.696. The molecule has 1 unspecified atom stereocenters. The van der Waals surface area contributed by atoms with Crippen LogP contribution in [0.3, 0.4) is 0 Å². The third kappa shape index (κ3) is 2.89. The Kier molecular flexibility index (Phi) is 4.53. The lowest BCUT2D eigenvalue weighted by atomic mass is 9.97. The first-order chi connectivity index (χ1) is 9.56. The predicted molar refractivity (Wildman–Crippen MR) is 81.8 cm³/mol. The molecule has 1 atom stereocenters. The van der Waals surface area contributed by atoms with Crippen molar-refractivity contribution < 1.29 is 9.47 Å². The molecule has 0 aliphatic rings. The molecule has 0 radical (unpaired) electrons. The van der Waals surface area contributed by atoms with Gasteiger partial charge in [0.1, 0.15) is 11.5 Å². The number of methoxy groups -OCH3 is 2. The van der Waals surface area contributed by atoms with Gasteiger partial charge in [-0.15, -0.1) is 0 Å². The Labute approximate surface area is 124 Å². The molecule has 2 aromatic carbocycles. The summed E-state index contributed by atoms with van der Waals surface area (Å²) in [6, 6.07) is 11.1. The lowest BCUT2D eigenvalue weighted by Gasteiger charge is -2.17. The van der Waals surface area contributed by atoms with E-state index in [1.807, 2.05) is 43.3 Å². The summed E-state index contributed by atoms with van der Waals surface area (Å²) in [4.78, 5) is 0. The molecule has 106 valence electrons. The minimum Gasteiger partial charge on any atom is -0.497 e. The van der Waals surface area contributed by atoms with Gasteiger partial charge in [-0.05, 0) is 35.7 Å². The Balaban J connectivity index is 2.47. The van der Waals surface area contributed by atoms with E-state index in [9.17, 15) is 0 Å². The zero-order valence-corrected chi connectivity index (χ0v) is 12.6. The third-order valence-corrected chi connectivity index (χ3v) is 3.81. The van der Waals surface area contributed by atoms with Crippen molar-refractivity contribution in [1.29, 1.82) is 0 Å². The molecule has 0 aliphatic carbocycles. The maximum atomic E-state index is 6.34. The van der Waals surface area contributed by atoms with Crippen molar-refractivity contribution in [1.82, 2.24) is 0 Å². The van der Waals surface area contributed by atoms with Gasteiger partial charge in [0.25, 0.3) is 0 Å². The van der Waals surface area contributed by atoms with E-state index in [1.54, 1.807) is 14.2 Å². The molecule has 0 aliphatic heterocycles. The van der Waals surface area contributed by atoms with Crippen LogP contribution in [0.1, 0.15) is 22.7 Å². The SMILES string of the molecule is COc1cc(OC)cc(C(N)c2cccc(C)c2Cl)c1. The first-order valence-electron chi connectivity index (χ1n) is 6.30. The lowest BCUT2D eigenvalue weighted by molar-refractivity contribution is 0.393. The number of nitrogens with two attached hydrogens (primary N) is 1. The second-order valence-corrected chi connectivity index (χ2v) is 4.98. The maximum absolute atomic E-state index is 6.34. The van der Waals surface area contributed by atoms with Crippen LogP contribution in [0.15, 0.2) is 36.4 Å². The number of hydrogen-bond donors (Lipinski definition) is 1. The van der Waals surface area contributed by atoms with Gasteiger partial charge in [-0.3, -0.25) is 0 Å². The van der Waals surface area contributed by atoms with Crippen LogP contribution < -0.4 is 15.2 Å². The minimum absolute atomic E-state index is 0.327. The molecule has 20 heavy (non-hydrogen) atoms. The van der Waals surface area contributed by atoms with Crippen LogP contribution in [0.2, 0.25) is 5.02 Å². The fourth-order valence-corrected chi connectivity index (χ4v) is 2.34. The third-order valence-electron chi connectivity index (χ3n) is 3.29. The minimum atomic E-state index is -0.327. The molecule has 2 rings (SSSR count). The summed E-state index contributed by atoms with van der Waals surface area (Å²) < 4.78 is 10.5. The number of hydrogen-bond acceptors (Lipinski definition) is 3. The van der Waals surface area contributed by atoms with Crippen LogP contribution in [0.25, 0.3) is 0 Å². The summed E-state index contributed by atoms with van der Waals surface area (Å²) in [5.41, 5.74) is 9.13. The zero-order chi connectivity index (χ0) is 14.7. The predicted octanol–water partition coefficient (Wildman–Crippen LogP) is 3.71. The van der Waals surface area contributed by atoms with Crippen molar-refractivity contribution in [3.63, 3.8) is 0 Å². The molecule has 0 saturated carbocycles. The van der Waals surface area contributed by atoms with Gasteiger partial charge in [0.15, 0.2) is 0 Å². The maximum Gasteiger partial charge on any atom is 0.122 e. The van der Waals surface area contributed by atoms with Gasteiger partial charge in [0.05, 0.1) is 20.3 Å². The molecular formula is C16H18ClNO2. The standard InChI is InChI=1S/C16H18ClNO2/c1-10-5-4-6-14(15(10)17)16(18)11-7-12(19-2)9-13(8-11)20-3/h4-9,16H,18H2,1-3H3. The fraction of sp³-hybridized carbons (Fsp3) is 0.250. The van der Waals surface area contributed by atoms with Gasteiger partial charge >= 0.3 is 0 Å². The molecule has 0 fully saturated rings. The van der Waals surface area contributed by atoms with Crippen LogP contribution >= 0.6 is 11.6 Å². The van der Waals surface area contributed by atoms with E-state index in [4.69, 9.17) is 26.8 Å². The zero-order valence-electron chi connectivity index (χ0n) is 11.8. The Morgan fingerprint density at radius 3 is 2.20 bits per heavy atom. The summed E-state index contributed by atoms with van der Waals surface area (Å²) in [5.74, 6) is 1.41. The highest BCUT2D eigenvalue weighted by Gasteiger charge is 2.15. The summed E-state index contributed by atoms with van der Waals surface area (Å²) in [6.45, 7) is 1.96. The Bertz CT molecular complexity index is 591. The molecule has 0 bridgehead atoms. The molecule has 4 heteroatoms. The van der Waals surface area contributed by atoms with Crippen LogP contribution in [0.4, 0.5) is 0 Å². The summed E-state index contributed by atoms with van der Waals surface area (Å²) in [6.07, 6.45) is 0. The monoisotopic (exact) mass is 291 g/mol. The van der Waals surface area contributed by atoms with Crippen molar-refractivity contribution in [3.8, 4) is 11.5 Å². The molecule has 0 spiro atoms. The Morgan fingerprint density at radius 2 is 1.65 bits per heavy atom.